The summed E-state index contributed by atoms with van der Waals surface area (Å²) < 4.78 is 64.2. The van der Waals surface area contributed by atoms with Crippen LogP contribution in [0.3, 0.4) is 0 Å². The summed E-state index contributed by atoms with van der Waals surface area (Å²) >= 11 is 0. The van der Waals surface area contributed by atoms with E-state index in [1.165, 1.54) is 7.05 Å². The molecule has 0 unspecified atom stereocenters. The van der Waals surface area contributed by atoms with Crippen LogP contribution in [0.1, 0.15) is 0 Å². The van der Waals surface area contributed by atoms with Gasteiger partial charge in [-0.1, -0.05) is 0 Å². The van der Waals surface area contributed by atoms with Crippen LogP contribution in [0.5, 0.6) is 0 Å². The molecular weight excluding hydrogens is 272 g/mol. The predicted octanol–water partition coefficient (Wildman–Crippen LogP) is -6.46. The minimum Gasteiger partial charge on any atom is -0.744 e. The molecule has 0 atom stereocenters. The molecule has 0 radical (unpaired) electrons. The Morgan fingerprint density at radius 3 is 1.44 bits per heavy atom. The third kappa shape index (κ3) is 5.35. The van der Waals surface area contributed by atoms with Gasteiger partial charge in [-0.2, -0.15) is 0 Å². The van der Waals surface area contributed by atoms with E-state index in [1.54, 1.807) is 0 Å². The molecule has 0 aromatic heterocycles. The molecule has 0 aliphatic rings. The molecule has 11 heteroatoms. The van der Waals surface area contributed by atoms with Crippen molar-refractivity contribution in [1.82, 2.24) is 0 Å². The first-order valence-electron chi connectivity index (χ1n) is 3.89. The van der Waals surface area contributed by atoms with Crippen LogP contribution in [0, 0.1) is 0 Å². The molecule has 18 heavy (non-hydrogen) atoms. The molecule has 7 nitrogen and oxygen atoms in total. The standard InChI is InChI=1S/C7H9NO6S2.2Li/c1-8-5-2-6(15(9,10)11)4-7(3-5)16(12,13)14;;/h2-4,8H,1H3,(H,9,10,11)(H,12,13,14);;/q;2*+1/p-2. The Morgan fingerprint density at radius 2 is 1.22 bits per heavy atom. The Bertz CT molecular complexity index is 563. The van der Waals surface area contributed by atoms with Crippen LogP contribution in [0.2, 0.25) is 0 Å². The SMILES string of the molecule is CNc1cc(S(=O)(=O)[O-])cc(S(=O)(=O)[O-])c1.[Li+].[Li+]. The molecule has 0 amide bonds. The van der Waals surface area contributed by atoms with E-state index in [9.17, 15) is 25.9 Å². The molecule has 1 rings (SSSR count). The van der Waals surface area contributed by atoms with Gasteiger partial charge in [-0.25, -0.2) is 16.8 Å². The van der Waals surface area contributed by atoms with E-state index in [1.807, 2.05) is 0 Å². The van der Waals surface area contributed by atoms with Gasteiger partial charge in [0.1, 0.15) is 20.2 Å². The summed E-state index contributed by atoms with van der Waals surface area (Å²) in [4.78, 5) is -1.54. The third-order valence-corrected chi connectivity index (χ3v) is 3.37. The molecular formula is C7H7Li2NO6S2. The van der Waals surface area contributed by atoms with E-state index in [0.29, 0.717) is 6.07 Å². The summed E-state index contributed by atoms with van der Waals surface area (Å²) in [6, 6.07) is 2.42. The topological polar surface area (TPSA) is 126 Å². The van der Waals surface area contributed by atoms with Gasteiger partial charge in [0.15, 0.2) is 0 Å². The zero-order valence-corrected chi connectivity index (χ0v) is 11.6. The van der Waals surface area contributed by atoms with Crippen LogP contribution in [0.4, 0.5) is 5.69 Å². The zero-order valence-electron chi connectivity index (χ0n) is 10.00. The Morgan fingerprint density at radius 1 is 0.889 bits per heavy atom. The van der Waals surface area contributed by atoms with Crippen molar-refractivity contribution >= 4 is 25.9 Å². The van der Waals surface area contributed by atoms with Crippen LogP contribution in [0.15, 0.2) is 28.0 Å². The second kappa shape index (κ2) is 6.99. The molecule has 0 spiro atoms. The van der Waals surface area contributed by atoms with Gasteiger partial charge in [-0.15, -0.1) is 0 Å². The monoisotopic (exact) mass is 279 g/mol. The Kier molecular flexibility index (Phi) is 7.90. The van der Waals surface area contributed by atoms with Gasteiger partial charge < -0.3 is 14.4 Å². The van der Waals surface area contributed by atoms with Crippen molar-refractivity contribution in [3.8, 4) is 0 Å². The average molecular weight is 279 g/mol. The molecule has 1 aromatic rings. The van der Waals surface area contributed by atoms with Crippen molar-refractivity contribution in [1.29, 1.82) is 0 Å². The fraction of sp³-hybridized carbons (Fsp3) is 0.143. The normalized spacial score (nSPS) is 11.1. The van der Waals surface area contributed by atoms with E-state index in [0.717, 1.165) is 12.1 Å². The Balaban J connectivity index is 0. The number of rotatable bonds is 3. The molecule has 0 saturated heterocycles. The third-order valence-electron chi connectivity index (χ3n) is 1.75. The zero-order chi connectivity index (χ0) is 12.6. The minimum atomic E-state index is -4.81. The van der Waals surface area contributed by atoms with Crippen molar-refractivity contribution in [3.05, 3.63) is 18.2 Å². The second-order valence-corrected chi connectivity index (χ2v) is 5.61. The van der Waals surface area contributed by atoms with Crippen molar-refractivity contribution in [2.45, 2.75) is 9.79 Å². The van der Waals surface area contributed by atoms with E-state index < -0.39 is 30.0 Å². The fourth-order valence-electron chi connectivity index (χ4n) is 1.00. The number of benzene rings is 1. The maximum atomic E-state index is 10.7. The van der Waals surface area contributed by atoms with E-state index >= 15 is 0 Å². The summed E-state index contributed by atoms with van der Waals surface area (Å²) in [6.45, 7) is 0. The van der Waals surface area contributed by atoms with Crippen LogP contribution < -0.4 is 43.0 Å². The first kappa shape index (κ1) is 20.4. The molecule has 0 heterocycles. The maximum absolute atomic E-state index is 10.7. The van der Waals surface area contributed by atoms with Gasteiger partial charge in [0.05, 0.1) is 9.79 Å². The summed E-state index contributed by atoms with van der Waals surface area (Å²) in [7, 11) is -8.24. The van der Waals surface area contributed by atoms with Crippen LogP contribution in [0.25, 0.3) is 0 Å². The maximum Gasteiger partial charge on any atom is 1.00 e. The average Bonchev–Trinajstić information content (AvgIpc) is 2.14. The van der Waals surface area contributed by atoms with Crippen LogP contribution >= 0.6 is 0 Å². The van der Waals surface area contributed by atoms with Gasteiger partial charge in [0, 0.05) is 12.7 Å². The van der Waals surface area contributed by atoms with Crippen LogP contribution in [-0.2, 0) is 20.2 Å². The summed E-state index contributed by atoms with van der Waals surface area (Å²) in [5, 5.41) is 2.45. The van der Waals surface area contributed by atoms with Gasteiger partial charge >= 0.3 is 37.7 Å². The van der Waals surface area contributed by atoms with E-state index in [2.05, 4.69) is 5.32 Å². The van der Waals surface area contributed by atoms with Gasteiger partial charge in [0.2, 0.25) is 0 Å². The van der Waals surface area contributed by atoms with Gasteiger partial charge in [-0.3, -0.25) is 0 Å². The summed E-state index contributed by atoms with van der Waals surface area (Å²) in [6.07, 6.45) is 0. The van der Waals surface area contributed by atoms with Gasteiger partial charge in [0.25, 0.3) is 0 Å². The molecule has 0 aliphatic carbocycles. The molecule has 90 valence electrons. The van der Waals surface area contributed by atoms with E-state index in [-0.39, 0.29) is 43.4 Å². The number of hydrogen-bond donors (Lipinski definition) is 1. The summed E-state index contributed by atoms with van der Waals surface area (Å²) in [5.74, 6) is 0. The largest absolute Gasteiger partial charge is 1.00 e. The summed E-state index contributed by atoms with van der Waals surface area (Å²) in [5.41, 5.74) is 0.0475. The predicted molar refractivity (Wildman–Crippen MR) is 51.9 cm³/mol. The number of hydrogen-bond acceptors (Lipinski definition) is 7. The Labute approximate surface area is 129 Å². The van der Waals surface area contributed by atoms with Crippen molar-refractivity contribution in [3.63, 3.8) is 0 Å². The first-order chi connectivity index (χ1) is 7.14. The minimum absolute atomic E-state index is 0. The number of anilines is 1. The number of nitrogens with one attached hydrogen (secondary N) is 1. The Hall–Kier alpha value is 0.0348. The van der Waals surface area contributed by atoms with E-state index in [4.69, 9.17) is 0 Å². The smallest absolute Gasteiger partial charge is 0.744 e. The van der Waals surface area contributed by atoms with Crippen molar-refractivity contribution < 1.29 is 63.7 Å². The molecule has 0 aliphatic heterocycles. The molecule has 1 N–H and O–H groups in total. The van der Waals surface area contributed by atoms with Crippen molar-refractivity contribution in [2.75, 3.05) is 12.4 Å². The molecule has 1 aromatic carbocycles. The molecule has 0 fully saturated rings. The fourth-order valence-corrected chi connectivity index (χ4v) is 2.16. The molecule has 0 bridgehead atoms. The molecule has 0 saturated carbocycles. The van der Waals surface area contributed by atoms with Crippen molar-refractivity contribution in [2.24, 2.45) is 0 Å². The van der Waals surface area contributed by atoms with Crippen LogP contribution in [-0.4, -0.2) is 33.0 Å². The quantitative estimate of drug-likeness (QED) is 0.430. The van der Waals surface area contributed by atoms with Gasteiger partial charge in [-0.05, 0) is 18.2 Å². The first-order valence-corrected chi connectivity index (χ1v) is 6.71. The second-order valence-electron chi connectivity index (χ2n) is 2.85.